The second kappa shape index (κ2) is 8.16. The number of aliphatic imine (C=N–C) groups is 1. The number of guanidine groups is 1. The van der Waals surface area contributed by atoms with Crippen LogP contribution in [0.5, 0.6) is 5.75 Å². The molecule has 0 spiro atoms. The largest absolute Gasteiger partial charge is 0.491 e. The van der Waals surface area contributed by atoms with Gasteiger partial charge >= 0.3 is 0 Å². The maximum absolute atomic E-state index is 5.54. The van der Waals surface area contributed by atoms with Gasteiger partial charge in [0.25, 0.3) is 0 Å². The van der Waals surface area contributed by atoms with Crippen molar-refractivity contribution < 1.29 is 4.74 Å². The van der Waals surface area contributed by atoms with Gasteiger partial charge in [0.15, 0.2) is 5.96 Å². The van der Waals surface area contributed by atoms with E-state index in [2.05, 4.69) is 4.99 Å². The number of halogens is 1. The molecule has 4 N–H and O–H groups in total. The molecule has 0 aliphatic carbocycles. The average molecular weight is 349 g/mol. The van der Waals surface area contributed by atoms with Crippen molar-refractivity contribution in [2.45, 2.75) is 26.4 Å². The van der Waals surface area contributed by atoms with Gasteiger partial charge in [-0.05, 0) is 38.0 Å². The van der Waals surface area contributed by atoms with E-state index in [1.54, 1.807) is 0 Å². The first-order chi connectivity index (χ1) is 7.58. The molecule has 0 heterocycles. The van der Waals surface area contributed by atoms with Crippen molar-refractivity contribution in [3.63, 3.8) is 0 Å². The van der Waals surface area contributed by atoms with E-state index < -0.39 is 0 Å². The van der Waals surface area contributed by atoms with Gasteiger partial charge in [-0.25, -0.2) is 0 Å². The highest BCUT2D eigenvalue weighted by atomic mass is 127. The fourth-order valence-electron chi connectivity index (χ4n) is 1.32. The predicted molar refractivity (Wildman–Crippen MR) is 82.0 cm³/mol. The van der Waals surface area contributed by atoms with Crippen molar-refractivity contribution in [1.82, 2.24) is 0 Å². The van der Waals surface area contributed by atoms with Crippen molar-refractivity contribution >= 4 is 29.9 Å². The zero-order chi connectivity index (χ0) is 12.0. The molecule has 1 rings (SSSR count). The Morgan fingerprint density at radius 1 is 1.24 bits per heavy atom. The number of benzene rings is 1. The molecule has 0 aliphatic heterocycles. The number of nitrogens with zero attached hydrogens (tertiary/aromatic N) is 1. The van der Waals surface area contributed by atoms with Crippen LogP contribution < -0.4 is 16.2 Å². The van der Waals surface area contributed by atoms with Gasteiger partial charge in [-0.1, -0.05) is 12.1 Å². The van der Waals surface area contributed by atoms with Crippen LogP contribution in [0.2, 0.25) is 0 Å². The fourth-order valence-corrected chi connectivity index (χ4v) is 1.32. The molecule has 0 radical (unpaired) electrons. The average Bonchev–Trinajstić information content (AvgIpc) is 2.19. The molecule has 0 unspecified atom stereocenters. The molecule has 0 saturated heterocycles. The van der Waals surface area contributed by atoms with E-state index in [0.717, 1.165) is 12.2 Å². The van der Waals surface area contributed by atoms with Gasteiger partial charge in [0.05, 0.1) is 6.10 Å². The second-order valence-electron chi connectivity index (χ2n) is 3.87. The van der Waals surface area contributed by atoms with E-state index in [9.17, 15) is 0 Å². The van der Waals surface area contributed by atoms with Crippen LogP contribution in [0.3, 0.4) is 0 Å². The third-order valence-electron chi connectivity index (χ3n) is 1.99. The standard InChI is InChI=1S/C12H19N3O.HI/c1-9(2)16-11-5-3-10(4-6-11)7-8-15-12(13)14;/h3-6,9H,7-8H2,1-2H3,(H4,13,14,15);1H. The highest BCUT2D eigenvalue weighted by Crippen LogP contribution is 2.14. The Morgan fingerprint density at radius 3 is 2.29 bits per heavy atom. The maximum atomic E-state index is 5.54. The molecular weight excluding hydrogens is 329 g/mol. The molecule has 1 aromatic carbocycles. The lowest BCUT2D eigenvalue weighted by Gasteiger charge is -2.09. The van der Waals surface area contributed by atoms with Crippen molar-refractivity contribution in [3.8, 4) is 5.75 Å². The van der Waals surface area contributed by atoms with Gasteiger partial charge in [0, 0.05) is 6.54 Å². The lowest BCUT2D eigenvalue weighted by Crippen LogP contribution is -2.23. The summed E-state index contributed by atoms with van der Waals surface area (Å²) < 4.78 is 5.54. The summed E-state index contributed by atoms with van der Waals surface area (Å²) in [6, 6.07) is 7.98. The first kappa shape index (κ1) is 16.0. The van der Waals surface area contributed by atoms with E-state index in [1.807, 2.05) is 38.1 Å². The van der Waals surface area contributed by atoms with E-state index in [-0.39, 0.29) is 36.0 Å². The number of hydrogen-bond donors (Lipinski definition) is 2. The van der Waals surface area contributed by atoms with Crippen LogP contribution in [0.15, 0.2) is 29.3 Å². The molecular formula is C12H20IN3O. The minimum absolute atomic E-state index is 0. The van der Waals surface area contributed by atoms with Crippen molar-refractivity contribution in [2.75, 3.05) is 6.54 Å². The van der Waals surface area contributed by atoms with Crippen LogP contribution >= 0.6 is 24.0 Å². The normalized spacial score (nSPS) is 9.59. The SMILES string of the molecule is CC(C)Oc1ccc(CCN=C(N)N)cc1.I. The molecule has 96 valence electrons. The van der Waals surface area contributed by atoms with Crippen LogP contribution in [0, 0.1) is 0 Å². The van der Waals surface area contributed by atoms with Crippen molar-refractivity contribution in [2.24, 2.45) is 16.5 Å². The zero-order valence-corrected chi connectivity index (χ0v) is 12.5. The summed E-state index contributed by atoms with van der Waals surface area (Å²) in [5.41, 5.74) is 11.7. The van der Waals surface area contributed by atoms with Crippen LogP contribution in [0.25, 0.3) is 0 Å². The Bertz CT molecular complexity index is 345. The quantitative estimate of drug-likeness (QED) is 0.485. The molecule has 0 atom stereocenters. The summed E-state index contributed by atoms with van der Waals surface area (Å²) in [5, 5.41) is 0. The van der Waals surface area contributed by atoms with E-state index >= 15 is 0 Å². The Kier molecular flexibility index (Phi) is 7.69. The molecule has 5 heteroatoms. The molecule has 0 fully saturated rings. The Labute approximate surface area is 119 Å². The van der Waals surface area contributed by atoms with E-state index in [1.165, 1.54) is 5.56 Å². The third-order valence-corrected chi connectivity index (χ3v) is 1.99. The van der Waals surface area contributed by atoms with Crippen LogP contribution in [0.1, 0.15) is 19.4 Å². The van der Waals surface area contributed by atoms with E-state index in [0.29, 0.717) is 6.54 Å². The Morgan fingerprint density at radius 2 is 1.82 bits per heavy atom. The topological polar surface area (TPSA) is 73.6 Å². The first-order valence-electron chi connectivity index (χ1n) is 5.39. The number of hydrogen-bond acceptors (Lipinski definition) is 2. The second-order valence-corrected chi connectivity index (χ2v) is 3.87. The summed E-state index contributed by atoms with van der Waals surface area (Å²) in [6.45, 7) is 4.63. The predicted octanol–water partition coefficient (Wildman–Crippen LogP) is 1.91. The van der Waals surface area contributed by atoms with Crippen molar-refractivity contribution in [3.05, 3.63) is 29.8 Å². The summed E-state index contributed by atoms with van der Waals surface area (Å²) in [6.07, 6.45) is 1.03. The Balaban J connectivity index is 0.00000256. The van der Waals surface area contributed by atoms with Gasteiger partial charge in [-0.15, -0.1) is 24.0 Å². The molecule has 0 aromatic heterocycles. The molecule has 1 aromatic rings. The van der Waals surface area contributed by atoms with Crippen molar-refractivity contribution in [1.29, 1.82) is 0 Å². The Hall–Kier alpha value is -0.980. The number of rotatable bonds is 5. The zero-order valence-electron chi connectivity index (χ0n) is 10.2. The maximum Gasteiger partial charge on any atom is 0.185 e. The summed E-state index contributed by atoms with van der Waals surface area (Å²) in [4.78, 5) is 3.93. The molecule has 0 amide bonds. The minimum Gasteiger partial charge on any atom is -0.491 e. The van der Waals surface area contributed by atoms with Gasteiger partial charge < -0.3 is 16.2 Å². The molecule has 0 saturated carbocycles. The molecule has 0 bridgehead atoms. The fraction of sp³-hybridized carbons (Fsp3) is 0.417. The summed E-state index contributed by atoms with van der Waals surface area (Å²) in [7, 11) is 0. The minimum atomic E-state index is 0. The number of nitrogens with two attached hydrogens (primary N) is 2. The lowest BCUT2D eigenvalue weighted by molar-refractivity contribution is 0.242. The van der Waals surface area contributed by atoms with Gasteiger partial charge in [0.1, 0.15) is 5.75 Å². The molecule has 4 nitrogen and oxygen atoms in total. The first-order valence-corrected chi connectivity index (χ1v) is 5.39. The highest BCUT2D eigenvalue weighted by Gasteiger charge is 1.97. The van der Waals surface area contributed by atoms with Gasteiger partial charge in [-0.3, -0.25) is 4.99 Å². The van der Waals surface area contributed by atoms with E-state index in [4.69, 9.17) is 16.2 Å². The summed E-state index contributed by atoms with van der Waals surface area (Å²) in [5.74, 6) is 1.03. The molecule has 17 heavy (non-hydrogen) atoms. The third kappa shape index (κ3) is 7.04. The van der Waals surface area contributed by atoms with Crippen LogP contribution in [0.4, 0.5) is 0 Å². The highest BCUT2D eigenvalue weighted by molar-refractivity contribution is 14.0. The monoisotopic (exact) mass is 349 g/mol. The number of ether oxygens (including phenoxy) is 1. The summed E-state index contributed by atoms with van der Waals surface area (Å²) >= 11 is 0. The van der Waals surface area contributed by atoms with Crippen LogP contribution in [-0.4, -0.2) is 18.6 Å². The smallest absolute Gasteiger partial charge is 0.185 e. The lowest BCUT2D eigenvalue weighted by atomic mass is 10.1. The molecule has 0 aliphatic rings. The van der Waals surface area contributed by atoms with Gasteiger partial charge in [-0.2, -0.15) is 0 Å². The van der Waals surface area contributed by atoms with Crippen LogP contribution in [-0.2, 0) is 6.42 Å². The van der Waals surface area contributed by atoms with Gasteiger partial charge in [0.2, 0.25) is 0 Å².